The maximum absolute atomic E-state index is 9.62. The summed E-state index contributed by atoms with van der Waals surface area (Å²) >= 11 is 3.63. The Morgan fingerprint density at radius 1 is 1.43 bits per heavy atom. The van der Waals surface area contributed by atoms with Crippen LogP contribution >= 0.6 is 23.5 Å². The van der Waals surface area contributed by atoms with Crippen molar-refractivity contribution in [2.75, 3.05) is 17.2 Å². The van der Waals surface area contributed by atoms with Gasteiger partial charge in [0.15, 0.2) is 0 Å². The van der Waals surface area contributed by atoms with Crippen molar-refractivity contribution in [2.24, 2.45) is 0 Å². The largest absolute Gasteiger partial charge is 0.383 e. The molecule has 1 aliphatic rings. The molecule has 0 aromatic carbocycles. The van der Waals surface area contributed by atoms with Gasteiger partial charge in [-0.15, -0.1) is 11.8 Å². The van der Waals surface area contributed by atoms with E-state index in [1.165, 1.54) is 0 Å². The van der Waals surface area contributed by atoms with Gasteiger partial charge >= 0.3 is 0 Å². The van der Waals surface area contributed by atoms with Gasteiger partial charge in [0.25, 0.3) is 0 Å². The molecular formula is C16H19N5S2. The molecule has 0 bridgehead atoms. The van der Waals surface area contributed by atoms with Crippen LogP contribution in [-0.4, -0.2) is 26.3 Å². The van der Waals surface area contributed by atoms with Gasteiger partial charge in [-0.2, -0.15) is 22.1 Å². The SMILES string of the molecule is CCCn1cc(-c2c(C#N)c(N)nc3c2SCCSC3)c(C)n1. The number of thioether (sulfide) groups is 2. The average Bonchev–Trinajstić information content (AvgIpc) is 2.73. The lowest BCUT2D eigenvalue weighted by Gasteiger charge is -2.14. The van der Waals surface area contributed by atoms with Crippen molar-refractivity contribution in [2.45, 2.75) is 37.5 Å². The van der Waals surface area contributed by atoms with Gasteiger partial charge < -0.3 is 5.73 Å². The standard InChI is InChI=1S/C16H19N5S2/c1-3-4-21-8-12(10(2)20-21)14-11(7-17)16(18)19-13-9-22-5-6-23-15(13)14/h8H,3-6,9H2,1-2H3,(H2,18,19). The van der Waals surface area contributed by atoms with E-state index in [2.05, 4.69) is 23.1 Å². The molecule has 7 heteroatoms. The quantitative estimate of drug-likeness (QED) is 0.917. The van der Waals surface area contributed by atoms with Crippen LogP contribution < -0.4 is 5.73 Å². The highest BCUT2D eigenvalue weighted by Crippen LogP contribution is 2.42. The van der Waals surface area contributed by atoms with Crippen molar-refractivity contribution in [3.8, 4) is 17.2 Å². The molecule has 0 radical (unpaired) electrons. The van der Waals surface area contributed by atoms with Crippen molar-refractivity contribution in [3.05, 3.63) is 23.1 Å². The van der Waals surface area contributed by atoms with Crippen molar-refractivity contribution >= 4 is 29.3 Å². The number of aryl methyl sites for hydroxylation is 2. The Balaban J connectivity index is 2.25. The highest BCUT2D eigenvalue weighted by Gasteiger charge is 2.24. The van der Waals surface area contributed by atoms with E-state index in [0.29, 0.717) is 11.4 Å². The summed E-state index contributed by atoms with van der Waals surface area (Å²) in [5.74, 6) is 3.26. The summed E-state index contributed by atoms with van der Waals surface area (Å²) < 4.78 is 1.95. The van der Waals surface area contributed by atoms with Gasteiger partial charge in [-0.05, 0) is 13.3 Å². The number of nitrogens with two attached hydrogens (primary N) is 1. The highest BCUT2D eigenvalue weighted by atomic mass is 32.2. The Hall–Kier alpha value is -1.65. The fraction of sp³-hybridized carbons (Fsp3) is 0.438. The topological polar surface area (TPSA) is 80.5 Å². The summed E-state index contributed by atoms with van der Waals surface area (Å²) in [5, 5.41) is 14.2. The molecule has 3 rings (SSSR count). The lowest BCUT2D eigenvalue weighted by Crippen LogP contribution is -2.04. The zero-order valence-electron chi connectivity index (χ0n) is 13.3. The van der Waals surface area contributed by atoms with Crippen molar-refractivity contribution < 1.29 is 0 Å². The van der Waals surface area contributed by atoms with E-state index in [-0.39, 0.29) is 0 Å². The normalized spacial score (nSPS) is 14.1. The fourth-order valence-corrected chi connectivity index (χ4v) is 5.03. The van der Waals surface area contributed by atoms with Gasteiger partial charge in [0, 0.05) is 46.0 Å². The second-order valence-electron chi connectivity index (χ2n) is 5.43. The monoisotopic (exact) mass is 345 g/mol. The summed E-state index contributed by atoms with van der Waals surface area (Å²) in [7, 11) is 0. The number of aromatic nitrogens is 3. The molecule has 2 N–H and O–H groups in total. The molecule has 0 amide bonds. The molecule has 5 nitrogen and oxygen atoms in total. The van der Waals surface area contributed by atoms with Gasteiger partial charge in [-0.25, -0.2) is 4.98 Å². The number of anilines is 1. The molecule has 0 unspecified atom stereocenters. The molecule has 0 fully saturated rings. The van der Waals surface area contributed by atoms with Crippen LogP contribution in [0.3, 0.4) is 0 Å². The Labute approximate surface area is 144 Å². The molecule has 2 aromatic heterocycles. The Kier molecular flexibility index (Phi) is 4.83. The van der Waals surface area contributed by atoms with E-state index in [0.717, 1.165) is 57.6 Å². The predicted molar refractivity (Wildman–Crippen MR) is 96.5 cm³/mol. The molecular weight excluding hydrogens is 326 g/mol. The summed E-state index contributed by atoms with van der Waals surface area (Å²) in [5.41, 5.74) is 10.4. The number of nitriles is 1. The van der Waals surface area contributed by atoms with Gasteiger partial charge in [0.05, 0.1) is 11.4 Å². The van der Waals surface area contributed by atoms with Crippen LogP contribution in [-0.2, 0) is 12.3 Å². The third kappa shape index (κ3) is 3.06. The van der Waals surface area contributed by atoms with Gasteiger partial charge in [0.1, 0.15) is 17.5 Å². The number of fused-ring (bicyclic) bond motifs is 1. The number of nitrogens with zero attached hydrogens (tertiary/aromatic N) is 4. The lowest BCUT2D eigenvalue weighted by atomic mass is 10.0. The Morgan fingerprint density at radius 2 is 2.26 bits per heavy atom. The first-order valence-electron chi connectivity index (χ1n) is 7.63. The molecule has 0 aliphatic carbocycles. The molecule has 0 saturated heterocycles. The minimum atomic E-state index is 0.326. The first-order chi connectivity index (χ1) is 11.2. The van der Waals surface area contributed by atoms with Crippen molar-refractivity contribution in [3.63, 3.8) is 0 Å². The van der Waals surface area contributed by atoms with Crippen molar-refractivity contribution in [1.29, 1.82) is 5.26 Å². The minimum absolute atomic E-state index is 0.326. The second kappa shape index (κ2) is 6.85. The third-order valence-corrected chi connectivity index (χ3v) is 6.11. The zero-order valence-corrected chi connectivity index (χ0v) is 14.9. The Bertz CT molecular complexity index is 776. The second-order valence-corrected chi connectivity index (χ2v) is 7.64. The summed E-state index contributed by atoms with van der Waals surface area (Å²) in [6.45, 7) is 4.98. The number of pyridine rings is 1. The molecule has 0 spiro atoms. The van der Waals surface area contributed by atoms with Crippen LogP contribution in [0.15, 0.2) is 11.1 Å². The highest BCUT2D eigenvalue weighted by molar-refractivity contribution is 8.03. The number of hydrogen-bond donors (Lipinski definition) is 1. The van der Waals surface area contributed by atoms with Crippen LogP contribution in [0.2, 0.25) is 0 Å². The summed E-state index contributed by atoms with van der Waals surface area (Å²) in [6, 6.07) is 2.26. The van der Waals surface area contributed by atoms with Crippen LogP contribution in [0.5, 0.6) is 0 Å². The van der Waals surface area contributed by atoms with E-state index in [1.807, 2.05) is 29.6 Å². The predicted octanol–water partition coefficient (Wildman–Crippen LogP) is 3.46. The molecule has 120 valence electrons. The molecule has 3 heterocycles. The lowest BCUT2D eigenvalue weighted by molar-refractivity contribution is 0.598. The van der Waals surface area contributed by atoms with E-state index in [1.54, 1.807) is 11.8 Å². The molecule has 1 aliphatic heterocycles. The van der Waals surface area contributed by atoms with E-state index >= 15 is 0 Å². The Morgan fingerprint density at radius 3 is 3.00 bits per heavy atom. The summed E-state index contributed by atoms with van der Waals surface area (Å²) in [6.07, 6.45) is 3.06. The summed E-state index contributed by atoms with van der Waals surface area (Å²) in [4.78, 5) is 5.59. The number of nitrogen functional groups attached to an aromatic ring is 1. The van der Waals surface area contributed by atoms with Gasteiger partial charge in [0.2, 0.25) is 0 Å². The van der Waals surface area contributed by atoms with Gasteiger partial charge in [-0.3, -0.25) is 4.68 Å². The minimum Gasteiger partial charge on any atom is -0.383 e. The first-order valence-corrected chi connectivity index (χ1v) is 9.77. The van der Waals surface area contributed by atoms with Gasteiger partial charge in [-0.1, -0.05) is 6.92 Å². The van der Waals surface area contributed by atoms with Crippen molar-refractivity contribution in [1.82, 2.24) is 14.8 Å². The number of hydrogen-bond acceptors (Lipinski definition) is 6. The smallest absolute Gasteiger partial charge is 0.142 e. The maximum Gasteiger partial charge on any atom is 0.142 e. The fourth-order valence-electron chi connectivity index (χ4n) is 2.74. The maximum atomic E-state index is 9.62. The molecule has 0 saturated carbocycles. The van der Waals surface area contributed by atoms with E-state index in [9.17, 15) is 5.26 Å². The zero-order chi connectivity index (χ0) is 16.4. The third-order valence-electron chi connectivity index (χ3n) is 3.74. The molecule has 0 atom stereocenters. The molecule has 2 aromatic rings. The van der Waals surface area contributed by atoms with Crippen LogP contribution in [0.4, 0.5) is 5.82 Å². The first kappa shape index (κ1) is 16.2. The average molecular weight is 345 g/mol. The van der Waals surface area contributed by atoms with Crippen LogP contribution in [0.25, 0.3) is 11.1 Å². The van der Waals surface area contributed by atoms with E-state index < -0.39 is 0 Å². The van der Waals surface area contributed by atoms with Crippen LogP contribution in [0.1, 0.15) is 30.3 Å². The number of rotatable bonds is 3. The molecule has 23 heavy (non-hydrogen) atoms. The van der Waals surface area contributed by atoms with Crippen LogP contribution in [0, 0.1) is 18.3 Å². The van der Waals surface area contributed by atoms with E-state index in [4.69, 9.17) is 5.73 Å².